The highest BCUT2D eigenvalue weighted by Crippen LogP contribution is 2.39. The number of benzene rings is 2. The molecule has 0 fully saturated rings. The predicted octanol–water partition coefficient (Wildman–Crippen LogP) is 3.70. The molecule has 1 aromatic heterocycles. The molecule has 0 amide bonds. The Morgan fingerprint density at radius 3 is 2.72 bits per heavy atom. The molecule has 0 bridgehead atoms. The third-order valence-corrected chi connectivity index (χ3v) is 4.47. The fraction of sp³-hybridized carbons (Fsp3) is 0.200. The number of hydrogen-bond acceptors (Lipinski definition) is 5. The quantitative estimate of drug-likeness (QED) is 0.787. The molecule has 2 heterocycles. The SMILES string of the molecule is COc1cc(CO)cc2c1CN(OC)C=C2c1cc2ccccc2o1. The van der Waals surface area contributed by atoms with Crippen LogP contribution in [0.4, 0.5) is 0 Å². The highest BCUT2D eigenvalue weighted by Gasteiger charge is 2.25. The van der Waals surface area contributed by atoms with Crippen LogP contribution < -0.4 is 4.74 Å². The second-order valence-electron chi connectivity index (χ2n) is 5.93. The van der Waals surface area contributed by atoms with Crippen molar-refractivity contribution in [3.05, 3.63) is 71.1 Å². The molecular formula is C20H19NO4. The minimum absolute atomic E-state index is 0.0506. The molecule has 25 heavy (non-hydrogen) atoms. The van der Waals surface area contributed by atoms with Gasteiger partial charge in [0.1, 0.15) is 17.1 Å². The third-order valence-electron chi connectivity index (χ3n) is 4.47. The van der Waals surface area contributed by atoms with E-state index in [1.807, 2.05) is 48.7 Å². The van der Waals surface area contributed by atoms with Crippen molar-refractivity contribution in [1.29, 1.82) is 0 Å². The second kappa shape index (κ2) is 6.27. The number of furan rings is 1. The molecule has 5 nitrogen and oxygen atoms in total. The Balaban J connectivity index is 1.93. The Morgan fingerprint density at radius 1 is 1.16 bits per heavy atom. The van der Waals surface area contributed by atoms with Crippen molar-refractivity contribution in [3.63, 3.8) is 0 Å². The average molecular weight is 337 g/mol. The van der Waals surface area contributed by atoms with E-state index >= 15 is 0 Å². The monoisotopic (exact) mass is 337 g/mol. The number of nitrogens with zero attached hydrogens (tertiary/aromatic N) is 1. The standard InChI is InChI=1S/C20H19NO4/c1-23-19-8-13(12-22)7-15-16(19)10-21(24-2)11-17(15)20-9-14-5-3-4-6-18(14)25-20/h3-9,11,22H,10,12H2,1-2H3. The summed E-state index contributed by atoms with van der Waals surface area (Å²) < 4.78 is 11.6. The summed E-state index contributed by atoms with van der Waals surface area (Å²) in [6.45, 7) is 0.509. The molecule has 4 rings (SSSR count). The molecule has 2 aromatic carbocycles. The van der Waals surface area contributed by atoms with Crippen LogP contribution >= 0.6 is 0 Å². The van der Waals surface area contributed by atoms with Gasteiger partial charge in [-0.2, -0.15) is 0 Å². The molecule has 0 unspecified atom stereocenters. The summed E-state index contributed by atoms with van der Waals surface area (Å²) in [5.41, 5.74) is 4.51. The summed E-state index contributed by atoms with van der Waals surface area (Å²) >= 11 is 0. The molecule has 128 valence electrons. The zero-order valence-electron chi connectivity index (χ0n) is 14.2. The van der Waals surface area contributed by atoms with E-state index in [0.29, 0.717) is 6.54 Å². The Bertz CT molecular complexity index is 924. The normalized spacial score (nSPS) is 13.7. The van der Waals surface area contributed by atoms with Gasteiger partial charge in [0.2, 0.25) is 0 Å². The topological polar surface area (TPSA) is 55.1 Å². The van der Waals surface area contributed by atoms with Crippen LogP contribution in [0.1, 0.15) is 22.5 Å². The van der Waals surface area contributed by atoms with E-state index in [-0.39, 0.29) is 6.61 Å². The highest BCUT2D eigenvalue weighted by molar-refractivity contribution is 5.88. The maximum atomic E-state index is 9.59. The maximum Gasteiger partial charge on any atom is 0.137 e. The van der Waals surface area contributed by atoms with Crippen molar-refractivity contribution in [3.8, 4) is 5.75 Å². The van der Waals surface area contributed by atoms with Crippen LogP contribution in [0.25, 0.3) is 16.5 Å². The lowest BCUT2D eigenvalue weighted by molar-refractivity contribution is -0.0961. The molecule has 3 aromatic rings. The Kier molecular flexibility index (Phi) is 3.95. The molecule has 0 saturated heterocycles. The Hall–Kier alpha value is -2.76. The van der Waals surface area contributed by atoms with E-state index in [1.165, 1.54) is 0 Å². The molecule has 1 aliphatic heterocycles. The summed E-state index contributed by atoms with van der Waals surface area (Å²) in [5, 5.41) is 12.4. The number of hydrogen-bond donors (Lipinski definition) is 1. The lowest BCUT2D eigenvalue weighted by Gasteiger charge is -2.28. The van der Waals surface area contributed by atoms with Crippen LogP contribution in [0.3, 0.4) is 0 Å². The minimum atomic E-state index is -0.0506. The second-order valence-corrected chi connectivity index (χ2v) is 5.93. The van der Waals surface area contributed by atoms with E-state index in [9.17, 15) is 5.11 Å². The first-order valence-electron chi connectivity index (χ1n) is 8.06. The highest BCUT2D eigenvalue weighted by atomic mass is 16.7. The van der Waals surface area contributed by atoms with Crippen molar-refractivity contribution in [1.82, 2.24) is 5.06 Å². The lowest BCUT2D eigenvalue weighted by atomic mass is 9.93. The molecule has 5 heteroatoms. The largest absolute Gasteiger partial charge is 0.496 e. The van der Waals surface area contributed by atoms with E-state index in [2.05, 4.69) is 0 Å². The van der Waals surface area contributed by atoms with Gasteiger partial charge in [0.15, 0.2) is 0 Å². The van der Waals surface area contributed by atoms with E-state index in [1.54, 1.807) is 19.3 Å². The van der Waals surface area contributed by atoms with E-state index in [0.717, 1.165) is 44.7 Å². The number of hydroxylamine groups is 2. The lowest BCUT2D eigenvalue weighted by Crippen LogP contribution is -2.21. The number of ether oxygens (including phenoxy) is 1. The van der Waals surface area contributed by atoms with Gasteiger partial charge >= 0.3 is 0 Å². The average Bonchev–Trinajstić information content (AvgIpc) is 3.10. The molecule has 1 aliphatic rings. The first-order chi connectivity index (χ1) is 12.2. The van der Waals surface area contributed by atoms with Gasteiger partial charge in [-0.15, -0.1) is 0 Å². The van der Waals surface area contributed by atoms with Gasteiger partial charge < -0.3 is 14.3 Å². The number of para-hydroxylation sites is 1. The molecule has 0 atom stereocenters. The number of fused-ring (bicyclic) bond motifs is 2. The maximum absolute atomic E-state index is 9.59. The van der Waals surface area contributed by atoms with Crippen molar-refractivity contribution >= 4 is 16.5 Å². The smallest absolute Gasteiger partial charge is 0.137 e. The molecule has 0 radical (unpaired) electrons. The zero-order valence-corrected chi connectivity index (χ0v) is 14.2. The van der Waals surface area contributed by atoms with Gasteiger partial charge in [0.05, 0.1) is 27.4 Å². The number of aliphatic hydroxyl groups excluding tert-OH is 1. The number of rotatable bonds is 4. The minimum Gasteiger partial charge on any atom is -0.496 e. The summed E-state index contributed by atoms with van der Waals surface area (Å²) in [5.74, 6) is 1.48. The van der Waals surface area contributed by atoms with Gasteiger partial charge in [0, 0.05) is 22.7 Å². The molecule has 0 aliphatic carbocycles. The van der Waals surface area contributed by atoms with Gasteiger partial charge in [-0.05, 0) is 35.4 Å². The fourth-order valence-electron chi connectivity index (χ4n) is 3.22. The first-order valence-corrected chi connectivity index (χ1v) is 8.06. The number of aliphatic hydroxyl groups is 1. The molecular weight excluding hydrogens is 318 g/mol. The van der Waals surface area contributed by atoms with Crippen molar-refractivity contribution < 1.29 is 19.1 Å². The summed E-state index contributed by atoms with van der Waals surface area (Å²) in [7, 11) is 3.26. The predicted molar refractivity (Wildman–Crippen MR) is 94.8 cm³/mol. The van der Waals surface area contributed by atoms with Gasteiger partial charge in [0.25, 0.3) is 0 Å². The van der Waals surface area contributed by atoms with Crippen molar-refractivity contribution in [2.75, 3.05) is 14.2 Å². The van der Waals surface area contributed by atoms with Gasteiger partial charge in [-0.25, -0.2) is 0 Å². The van der Waals surface area contributed by atoms with Crippen LogP contribution in [0.15, 0.2) is 53.1 Å². The first kappa shape index (κ1) is 15.7. The summed E-state index contributed by atoms with van der Waals surface area (Å²) in [6, 6.07) is 13.8. The van der Waals surface area contributed by atoms with Crippen LogP contribution in [0.2, 0.25) is 0 Å². The molecule has 1 N–H and O–H groups in total. The fourth-order valence-corrected chi connectivity index (χ4v) is 3.22. The molecule has 0 spiro atoms. The number of methoxy groups -OCH3 is 1. The van der Waals surface area contributed by atoms with Crippen molar-refractivity contribution in [2.45, 2.75) is 13.2 Å². The van der Waals surface area contributed by atoms with Crippen LogP contribution in [-0.4, -0.2) is 24.4 Å². The summed E-state index contributed by atoms with van der Waals surface area (Å²) in [6.07, 6.45) is 1.92. The van der Waals surface area contributed by atoms with E-state index in [4.69, 9.17) is 14.0 Å². The van der Waals surface area contributed by atoms with Crippen molar-refractivity contribution in [2.24, 2.45) is 0 Å². The van der Waals surface area contributed by atoms with Crippen LogP contribution in [0.5, 0.6) is 5.75 Å². The molecule has 0 saturated carbocycles. The summed E-state index contributed by atoms with van der Waals surface area (Å²) in [4.78, 5) is 5.44. The van der Waals surface area contributed by atoms with Crippen LogP contribution in [0, 0.1) is 0 Å². The zero-order chi connectivity index (χ0) is 17.4. The van der Waals surface area contributed by atoms with E-state index < -0.39 is 0 Å². The van der Waals surface area contributed by atoms with Gasteiger partial charge in [-0.1, -0.05) is 18.2 Å². The Morgan fingerprint density at radius 2 is 2.00 bits per heavy atom. The Labute approximate surface area is 145 Å². The van der Waals surface area contributed by atoms with Gasteiger partial charge in [-0.3, -0.25) is 9.90 Å². The third kappa shape index (κ3) is 2.67. The van der Waals surface area contributed by atoms with Crippen LogP contribution in [-0.2, 0) is 18.0 Å².